The smallest absolute Gasteiger partial charge is 0.308 e. The average Bonchev–Trinajstić information content (AvgIpc) is 3.03. The van der Waals surface area contributed by atoms with Crippen LogP contribution in [0.5, 0.6) is 0 Å². The monoisotopic (exact) mass is 235 g/mol. The summed E-state index contributed by atoms with van der Waals surface area (Å²) in [5.41, 5.74) is 1.04. The van der Waals surface area contributed by atoms with Crippen molar-refractivity contribution in [3.8, 4) is 0 Å². The van der Waals surface area contributed by atoms with Crippen molar-refractivity contribution in [3.05, 3.63) is 12.4 Å². The lowest BCUT2D eigenvalue weighted by molar-refractivity contribution is -0.143. The summed E-state index contributed by atoms with van der Waals surface area (Å²) in [6.07, 6.45) is 7.75. The van der Waals surface area contributed by atoms with Gasteiger partial charge in [-0.3, -0.25) is 9.89 Å². The van der Waals surface area contributed by atoms with E-state index in [0.717, 1.165) is 25.1 Å². The average molecular weight is 235 g/mol. The zero-order valence-electron chi connectivity index (χ0n) is 9.67. The van der Waals surface area contributed by atoms with E-state index in [2.05, 4.69) is 15.1 Å². The van der Waals surface area contributed by atoms with Crippen LogP contribution < -0.4 is 4.90 Å². The lowest BCUT2D eigenvalue weighted by Crippen LogP contribution is -2.49. The van der Waals surface area contributed by atoms with E-state index >= 15 is 0 Å². The van der Waals surface area contributed by atoms with Gasteiger partial charge in [0.25, 0.3) is 0 Å². The summed E-state index contributed by atoms with van der Waals surface area (Å²) < 4.78 is 0. The maximum absolute atomic E-state index is 11.4. The molecule has 0 bridgehead atoms. The van der Waals surface area contributed by atoms with Crippen LogP contribution in [0.15, 0.2) is 12.4 Å². The van der Waals surface area contributed by atoms with Gasteiger partial charge in [0.15, 0.2) is 0 Å². The number of H-pyrrole nitrogens is 1. The molecule has 3 rings (SSSR count). The van der Waals surface area contributed by atoms with Gasteiger partial charge in [0.1, 0.15) is 0 Å². The molecule has 5 nitrogen and oxygen atoms in total. The van der Waals surface area contributed by atoms with Gasteiger partial charge in [-0.1, -0.05) is 0 Å². The van der Waals surface area contributed by atoms with Gasteiger partial charge in [-0.25, -0.2) is 0 Å². The van der Waals surface area contributed by atoms with Crippen LogP contribution in [-0.4, -0.2) is 33.9 Å². The first-order valence-electron chi connectivity index (χ1n) is 6.25. The van der Waals surface area contributed by atoms with E-state index in [1.807, 2.05) is 6.20 Å². The largest absolute Gasteiger partial charge is 0.481 e. The highest BCUT2D eigenvalue weighted by molar-refractivity contribution is 5.72. The summed E-state index contributed by atoms with van der Waals surface area (Å²) in [6, 6.07) is 0.166. The summed E-state index contributed by atoms with van der Waals surface area (Å²) in [6.45, 7) is 0.949. The molecular weight excluding hydrogens is 218 g/mol. The molecule has 2 N–H and O–H groups in total. The fourth-order valence-corrected chi connectivity index (χ4v) is 3.01. The summed E-state index contributed by atoms with van der Waals surface area (Å²) in [5, 5.41) is 16.1. The molecule has 1 aliphatic carbocycles. The normalized spacial score (nSPS) is 29.3. The Bertz CT molecular complexity index is 400. The summed E-state index contributed by atoms with van der Waals surface area (Å²) >= 11 is 0. The minimum Gasteiger partial charge on any atom is -0.481 e. The number of aliphatic carboxylic acids is 1. The number of nitrogens with zero attached hydrogens (tertiary/aromatic N) is 2. The number of carbonyl (C=O) groups is 1. The predicted octanol–water partition coefficient (Wildman–Crippen LogP) is 1.49. The molecule has 0 aromatic carbocycles. The highest BCUT2D eigenvalue weighted by Gasteiger charge is 2.45. The Morgan fingerprint density at radius 2 is 2.29 bits per heavy atom. The van der Waals surface area contributed by atoms with Gasteiger partial charge in [0.2, 0.25) is 0 Å². The Morgan fingerprint density at radius 1 is 1.47 bits per heavy atom. The zero-order valence-corrected chi connectivity index (χ0v) is 9.67. The number of aromatic nitrogens is 2. The molecule has 1 saturated heterocycles. The molecule has 2 heterocycles. The molecule has 0 amide bonds. The molecular formula is C12H17N3O2. The second kappa shape index (κ2) is 4.05. The summed E-state index contributed by atoms with van der Waals surface area (Å²) in [5.74, 6) is -0.299. The van der Waals surface area contributed by atoms with Crippen LogP contribution in [0.25, 0.3) is 0 Å². The number of piperidine rings is 1. The van der Waals surface area contributed by atoms with E-state index in [1.165, 1.54) is 12.8 Å². The molecule has 0 unspecified atom stereocenters. The lowest BCUT2D eigenvalue weighted by atomic mass is 9.86. The number of anilines is 1. The van der Waals surface area contributed by atoms with E-state index in [4.69, 9.17) is 0 Å². The number of nitrogens with one attached hydrogen (secondary N) is 1. The number of hydrogen-bond acceptors (Lipinski definition) is 3. The first-order chi connectivity index (χ1) is 8.27. The third kappa shape index (κ3) is 1.90. The third-order valence-electron chi connectivity index (χ3n) is 3.92. The van der Waals surface area contributed by atoms with Gasteiger partial charge in [0.05, 0.1) is 17.8 Å². The number of aromatic amines is 1. The van der Waals surface area contributed by atoms with E-state index in [1.54, 1.807) is 6.20 Å². The molecule has 5 heteroatoms. The molecule has 1 aromatic heterocycles. The molecule has 2 atom stereocenters. The van der Waals surface area contributed by atoms with Gasteiger partial charge in [-0.2, -0.15) is 5.10 Å². The fraction of sp³-hybridized carbons (Fsp3) is 0.667. The van der Waals surface area contributed by atoms with Gasteiger partial charge in [-0.05, 0) is 31.6 Å². The predicted molar refractivity (Wildman–Crippen MR) is 62.8 cm³/mol. The van der Waals surface area contributed by atoms with Crippen LogP contribution in [0.4, 0.5) is 5.69 Å². The Morgan fingerprint density at radius 3 is 2.88 bits per heavy atom. The molecule has 1 aromatic rings. The molecule has 1 saturated carbocycles. The van der Waals surface area contributed by atoms with Crippen LogP contribution in [-0.2, 0) is 4.79 Å². The molecule has 2 fully saturated rings. The molecule has 0 spiro atoms. The molecule has 2 aliphatic rings. The van der Waals surface area contributed by atoms with Crippen molar-refractivity contribution in [2.24, 2.45) is 11.8 Å². The SMILES string of the molecule is O=C(O)[C@H]1CCCN(c2cn[nH]c2)[C@@H]1C1CC1. The Kier molecular flexibility index (Phi) is 2.53. The van der Waals surface area contributed by atoms with E-state index in [9.17, 15) is 9.90 Å². The maximum Gasteiger partial charge on any atom is 0.308 e. The van der Waals surface area contributed by atoms with Crippen molar-refractivity contribution in [3.63, 3.8) is 0 Å². The van der Waals surface area contributed by atoms with Crippen molar-refractivity contribution in [1.29, 1.82) is 0 Å². The lowest BCUT2D eigenvalue weighted by Gasteiger charge is -2.40. The topological polar surface area (TPSA) is 69.2 Å². The summed E-state index contributed by atoms with van der Waals surface area (Å²) in [7, 11) is 0. The Labute approximate surface area is 99.8 Å². The minimum atomic E-state index is -0.643. The number of rotatable bonds is 3. The van der Waals surface area contributed by atoms with Crippen LogP contribution in [0, 0.1) is 11.8 Å². The Balaban J connectivity index is 1.88. The second-order valence-electron chi connectivity index (χ2n) is 5.06. The quantitative estimate of drug-likeness (QED) is 0.832. The molecule has 0 radical (unpaired) electrons. The van der Waals surface area contributed by atoms with Crippen LogP contribution in [0.1, 0.15) is 25.7 Å². The maximum atomic E-state index is 11.4. The summed E-state index contributed by atoms with van der Waals surface area (Å²) in [4.78, 5) is 13.6. The first-order valence-corrected chi connectivity index (χ1v) is 6.25. The second-order valence-corrected chi connectivity index (χ2v) is 5.06. The van der Waals surface area contributed by atoms with E-state index in [-0.39, 0.29) is 12.0 Å². The number of hydrogen-bond donors (Lipinski definition) is 2. The van der Waals surface area contributed by atoms with Crippen molar-refractivity contribution < 1.29 is 9.90 Å². The van der Waals surface area contributed by atoms with Gasteiger partial charge in [0, 0.05) is 18.8 Å². The molecule has 92 valence electrons. The fourth-order valence-electron chi connectivity index (χ4n) is 3.01. The Hall–Kier alpha value is -1.52. The first kappa shape index (κ1) is 10.6. The van der Waals surface area contributed by atoms with Crippen molar-refractivity contribution >= 4 is 11.7 Å². The van der Waals surface area contributed by atoms with Gasteiger partial charge < -0.3 is 10.0 Å². The molecule has 1 aliphatic heterocycles. The highest BCUT2D eigenvalue weighted by Crippen LogP contribution is 2.43. The van der Waals surface area contributed by atoms with Crippen LogP contribution >= 0.6 is 0 Å². The zero-order chi connectivity index (χ0) is 11.8. The van der Waals surface area contributed by atoms with E-state index in [0.29, 0.717) is 5.92 Å². The van der Waals surface area contributed by atoms with Crippen molar-refractivity contribution in [2.45, 2.75) is 31.7 Å². The standard InChI is InChI=1S/C12H17N3O2/c16-12(17)10-2-1-5-15(9-6-13-14-7-9)11(10)8-3-4-8/h6-8,10-11H,1-5H2,(H,13,14)(H,16,17)/t10-,11+/m0/s1. The van der Waals surface area contributed by atoms with E-state index < -0.39 is 5.97 Å². The van der Waals surface area contributed by atoms with Gasteiger partial charge in [-0.15, -0.1) is 0 Å². The minimum absolute atomic E-state index is 0.166. The highest BCUT2D eigenvalue weighted by atomic mass is 16.4. The third-order valence-corrected chi connectivity index (χ3v) is 3.92. The molecule has 17 heavy (non-hydrogen) atoms. The van der Waals surface area contributed by atoms with Gasteiger partial charge >= 0.3 is 5.97 Å². The van der Waals surface area contributed by atoms with Crippen molar-refractivity contribution in [2.75, 3.05) is 11.4 Å². The number of carboxylic acids is 1. The number of carboxylic acid groups (broad SMARTS) is 1. The van der Waals surface area contributed by atoms with Crippen molar-refractivity contribution in [1.82, 2.24) is 10.2 Å². The van der Waals surface area contributed by atoms with Crippen LogP contribution in [0.2, 0.25) is 0 Å². The van der Waals surface area contributed by atoms with Crippen LogP contribution in [0.3, 0.4) is 0 Å².